The van der Waals surface area contributed by atoms with Gasteiger partial charge in [0.1, 0.15) is 0 Å². The third-order valence-electron chi connectivity index (χ3n) is 2.22. The number of hydrogen-bond acceptors (Lipinski definition) is 4. The molecule has 0 unspecified atom stereocenters. The van der Waals surface area contributed by atoms with E-state index in [9.17, 15) is 10.1 Å². The number of nitrogens with one attached hydrogen (secondary N) is 1. The standard InChI is InChI=1S/C11H15ClN2O3/c1-2-17-7-6-13-8-9-10(12)4-3-5-11(9)14(15)16/h3-5,13H,2,6-8H2,1H3. The van der Waals surface area contributed by atoms with Gasteiger partial charge < -0.3 is 10.1 Å². The van der Waals surface area contributed by atoms with Gasteiger partial charge in [0.2, 0.25) is 0 Å². The molecule has 1 aromatic rings. The smallest absolute Gasteiger partial charge is 0.275 e. The van der Waals surface area contributed by atoms with Crippen LogP contribution in [-0.4, -0.2) is 24.7 Å². The van der Waals surface area contributed by atoms with Crippen molar-refractivity contribution in [3.8, 4) is 0 Å². The highest BCUT2D eigenvalue weighted by Crippen LogP contribution is 2.25. The van der Waals surface area contributed by atoms with Crippen molar-refractivity contribution >= 4 is 17.3 Å². The Morgan fingerprint density at radius 1 is 1.53 bits per heavy atom. The highest BCUT2D eigenvalue weighted by atomic mass is 35.5. The molecule has 0 radical (unpaired) electrons. The van der Waals surface area contributed by atoms with Crippen LogP contribution in [0.4, 0.5) is 5.69 Å². The highest BCUT2D eigenvalue weighted by molar-refractivity contribution is 6.31. The lowest BCUT2D eigenvalue weighted by Crippen LogP contribution is -2.20. The van der Waals surface area contributed by atoms with Crippen LogP contribution in [0.5, 0.6) is 0 Å². The van der Waals surface area contributed by atoms with Gasteiger partial charge in [-0.15, -0.1) is 0 Å². The Morgan fingerprint density at radius 2 is 2.29 bits per heavy atom. The third-order valence-corrected chi connectivity index (χ3v) is 2.57. The first-order valence-electron chi connectivity index (χ1n) is 5.37. The van der Waals surface area contributed by atoms with E-state index in [0.29, 0.717) is 36.9 Å². The molecule has 0 aliphatic heterocycles. The third kappa shape index (κ3) is 4.30. The summed E-state index contributed by atoms with van der Waals surface area (Å²) >= 11 is 5.94. The van der Waals surface area contributed by atoms with Crippen LogP contribution in [0.1, 0.15) is 12.5 Å². The maximum Gasteiger partial charge on any atom is 0.275 e. The van der Waals surface area contributed by atoms with Crippen molar-refractivity contribution in [1.82, 2.24) is 5.32 Å². The van der Waals surface area contributed by atoms with Gasteiger partial charge in [0, 0.05) is 25.8 Å². The first-order valence-corrected chi connectivity index (χ1v) is 5.74. The molecule has 17 heavy (non-hydrogen) atoms. The number of nitro groups is 1. The predicted molar refractivity (Wildman–Crippen MR) is 66.3 cm³/mol. The molecule has 0 aliphatic rings. The Morgan fingerprint density at radius 3 is 2.94 bits per heavy atom. The van der Waals surface area contributed by atoms with Gasteiger partial charge in [-0.05, 0) is 13.0 Å². The minimum atomic E-state index is -0.425. The summed E-state index contributed by atoms with van der Waals surface area (Å²) in [5.41, 5.74) is 0.553. The summed E-state index contributed by atoms with van der Waals surface area (Å²) in [6.07, 6.45) is 0. The molecule has 0 saturated carbocycles. The van der Waals surface area contributed by atoms with Gasteiger partial charge in [-0.1, -0.05) is 17.7 Å². The number of hydrogen-bond donors (Lipinski definition) is 1. The molecule has 1 rings (SSSR count). The fourth-order valence-corrected chi connectivity index (χ4v) is 1.63. The lowest BCUT2D eigenvalue weighted by molar-refractivity contribution is -0.385. The molecule has 0 fully saturated rings. The minimum Gasteiger partial charge on any atom is -0.380 e. The molecule has 0 amide bonds. The summed E-state index contributed by atoms with van der Waals surface area (Å²) in [7, 11) is 0. The summed E-state index contributed by atoms with van der Waals surface area (Å²) in [6.45, 7) is 4.15. The van der Waals surface area contributed by atoms with Gasteiger partial charge in [0.25, 0.3) is 5.69 Å². The Balaban J connectivity index is 2.60. The van der Waals surface area contributed by atoms with Crippen LogP contribution in [0.15, 0.2) is 18.2 Å². The van der Waals surface area contributed by atoms with Crippen molar-refractivity contribution in [1.29, 1.82) is 0 Å². The van der Waals surface area contributed by atoms with Crippen LogP contribution < -0.4 is 5.32 Å². The van der Waals surface area contributed by atoms with Crippen molar-refractivity contribution in [2.24, 2.45) is 0 Å². The Bertz CT molecular complexity index is 385. The predicted octanol–water partition coefficient (Wildman–Crippen LogP) is 2.37. The van der Waals surface area contributed by atoms with Crippen molar-refractivity contribution in [3.63, 3.8) is 0 Å². The molecule has 0 atom stereocenters. The van der Waals surface area contributed by atoms with Gasteiger partial charge >= 0.3 is 0 Å². The summed E-state index contributed by atoms with van der Waals surface area (Å²) in [5, 5.41) is 14.3. The van der Waals surface area contributed by atoms with E-state index in [-0.39, 0.29) is 5.69 Å². The quantitative estimate of drug-likeness (QED) is 0.463. The van der Waals surface area contributed by atoms with Crippen molar-refractivity contribution < 1.29 is 9.66 Å². The van der Waals surface area contributed by atoms with Crippen LogP contribution in [0.3, 0.4) is 0 Å². The summed E-state index contributed by atoms with van der Waals surface area (Å²) < 4.78 is 5.15. The zero-order valence-corrected chi connectivity index (χ0v) is 10.4. The zero-order valence-electron chi connectivity index (χ0n) is 9.61. The second kappa shape index (κ2) is 7.21. The van der Waals surface area contributed by atoms with Crippen LogP contribution in [-0.2, 0) is 11.3 Å². The van der Waals surface area contributed by atoms with Crippen LogP contribution >= 0.6 is 11.6 Å². The number of ether oxygens (including phenoxy) is 1. The van der Waals surface area contributed by atoms with Gasteiger partial charge in [0.15, 0.2) is 0 Å². The lowest BCUT2D eigenvalue weighted by atomic mass is 10.2. The van der Waals surface area contributed by atoms with E-state index in [1.54, 1.807) is 12.1 Å². The number of nitro benzene ring substituents is 1. The molecule has 0 bridgehead atoms. The summed E-state index contributed by atoms with van der Waals surface area (Å²) in [4.78, 5) is 10.4. The van der Waals surface area contributed by atoms with Crippen molar-refractivity contribution in [2.45, 2.75) is 13.5 Å². The Kier molecular flexibility index (Phi) is 5.90. The number of rotatable bonds is 7. The SMILES string of the molecule is CCOCCNCc1c(Cl)cccc1[N+](=O)[O-]. The molecule has 94 valence electrons. The Labute approximate surface area is 105 Å². The molecular formula is C11H15ClN2O3. The number of halogens is 1. The largest absolute Gasteiger partial charge is 0.380 e. The number of benzene rings is 1. The van der Waals surface area contributed by atoms with Gasteiger partial charge in [-0.25, -0.2) is 0 Å². The second-order valence-corrected chi connectivity index (χ2v) is 3.78. The van der Waals surface area contributed by atoms with E-state index < -0.39 is 4.92 Å². The van der Waals surface area contributed by atoms with E-state index in [2.05, 4.69) is 5.32 Å². The highest BCUT2D eigenvalue weighted by Gasteiger charge is 2.15. The fourth-order valence-electron chi connectivity index (χ4n) is 1.40. The topological polar surface area (TPSA) is 64.4 Å². The Hall–Kier alpha value is -1.17. The van der Waals surface area contributed by atoms with Gasteiger partial charge in [-0.3, -0.25) is 10.1 Å². The monoisotopic (exact) mass is 258 g/mol. The van der Waals surface area contributed by atoms with Gasteiger partial charge in [0.05, 0.1) is 22.1 Å². The molecule has 6 heteroatoms. The first kappa shape index (κ1) is 13.9. The molecule has 0 saturated heterocycles. The van der Waals surface area contributed by atoms with E-state index in [0.717, 1.165) is 0 Å². The van der Waals surface area contributed by atoms with Crippen LogP contribution in [0, 0.1) is 10.1 Å². The van der Waals surface area contributed by atoms with Crippen LogP contribution in [0.2, 0.25) is 5.02 Å². The fraction of sp³-hybridized carbons (Fsp3) is 0.455. The average Bonchev–Trinajstić information content (AvgIpc) is 2.30. The van der Waals surface area contributed by atoms with E-state index in [4.69, 9.17) is 16.3 Å². The van der Waals surface area contributed by atoms with E-state index >= 15 is 0 Å². The molecule has 0 heterocycles. The van der Waals surface area contributed by atoms with Crippen molar-refractivity contribution in [2.75, 3.05) is 19.8 Å². The molecular weight excluding hydrogens is 244 g/mol. The first-order chi connectivity index (χ1) is 8.16. The van der Waals surface area contributed by atoms with E-state index in [1.807, 2.05) is 6.92 Å². The maximum atomic E-state index is 10.8. The summed E-state index contributed by atoms with van der Waals surface area (Å²) in [6, 6.07) is 4.67. The molecule has 0 aromatic heterocycles. The molecule has 5 nitrogen and oxygen atoms in total. The second-order valence-electron chi connectivity index (χ2n) is 3.37. The zero-order chi connectivity index (χ0) is 12.7. The van der Waals surface area contributed by atoms with Crippen molar-refractivity contribution in [3.05, 3.63) is 38.9 Å². The normalized spacial score (nSPS) is 10.5. The summed E-state index contributed by atoms with van der Waals surface area (Å²) in [5.74, 6) is 0. The molecule has 1 aromatic carbocycles. The van der Waals surface area contributed by atoms with Crippen LogP contribution in [0.25, 0.3) is 0 Å². The van der Waals surface area contributed by atoms with Gasteiger partial charge in [-0.2, -0.15) is 0 Å². The number of nitrogens with zero attached hydrogens (tertiary/aromatic N) is 1. The average molecular weight is 259 g/mol. The molecule has 0 spiro atoms. The lowest BCUT2D eigenvalue weighted by Gasteiger charge is -2.07. The molecule has 0 aliphatic carbocycles. The molecule has 1 N–H and O–H groups in total. The van der Waals surface area contributed by atoms with E-state index in [1.165, 1.54) is 6.07 Å². The maximum absolute atomic E-state index is 10.8. The minimum absolute atomic E-state index is 0.0430.